The second-order valence-electron chi connectivity index (χ2n) is 5.27. The first-order chi connectivity index (χ1) is 6.61. The Hall–Kier alpha value is -0.570. The first-order valence-electron chi connectivity index (χ1n) is 5.59. The van der Waals surface area contributed by atoms with Crippen LogP contribution in [0.5, 0.6) is 0 Å². The summed E-state index contributed by atoms with van der Waals surface area (Å²) in [5, 5.41) is 6.33. The van der Waals surface area contributed by atoms with Crippen molar-refractivity contribution >= 4 is 5.91 Å². The Kier molecular flexibility index (Phi) is 2.52. The summed E-state index contributed by atoms with van der Waals surface area (Å²) >= 11 is 0. The van der Waals surface area contributed by atoms with Crippen molar-refractivity contribution in [2.24, 2.45) is 17.3 Å². The van der Waals surface area contributed by atoms with Crippen LogP contribution >= 0.6 is 0 Å². The highest BCUT2D eigenvalue weighted by Crippen LogP contribution is 2.44. The molecule has 3 heteroatoms. The Morgan fingerprint density at radius 1 is 1.50 bits per heavy atom. The van der Waals surface area contributed by atoms with Gasteiger partial charge in [-0.15, -0.1) is 0 Å². The molecule has 0 radical (unpaired) electrons. The number of carbonyl (C=O) groups excluding carboxylic acids is 1. The van der Waals surface area contributed by atoms with E-state index in [-0.39, 0.29) is 11.8 Å². The fourth-order valence-electron chi connectivity index (χ4n) is 1.98. The van der Waals surface area contributed by atoms with Crippen molar-refractivity contribution in [2.75, 3.05) is 19.6 Å². The van der Waals surface area contributed by atoms with Gasteiger partial charge in [-0.2, -0.15) is 0 Å². The lowest BCUT2D eigenvalue weighted by Gasteiger charge is -2.16. The van der Waals surface area contributed by atoms with Crippen molar-refractivity contribution in [2.45, 2.75) is 26.7 Å². The smallest absolute Gasteiger partial charge is 0.224 e. The standard InChI is InChI=1S/C11H20N2O/c1-8-5-12-6-9(8)10(14)13-7-11(2)3-4-11/h8-9,12H,3-7H2,1-2H3,(H,13,14)/t8-,9-/m1/s1. The molecule has 0 aromatic rings. The third kappa shape index (κ3) is 2.08. The molecule has 0 aromatic heterocycles. The fraction of sp³-hybridized carbons (Fsp3) is 0.909. The molecule has 2 atom stereocenters. The van der Waals surface area contributed by atoms with Gasteiger partial charge in [-0.1, -0.05) is 13.8 Å². The molecule has 2 aliphatic rings. The maximum absolute atomic E-state index is 11.8. The lowest BCUT2D eigenvalue weighted by molar-refractivity contribution is -0.125. The first kappa shape index (κ1) is 9.97. The quantitative estimate of drug-likeness (QED) is 0.699. The topological polar surface area (TPSA) is 41.1 Å². The minimum absolute atomic E-state index is 0.192. The highest BCUT2D eigenvalue weighted by Gasteiger charge is 2.38. The van der Waals surface area contributed by atoms with E-state index in [1.54, 1.807) is 0 Å². The van der Waals surface area contributed by atoms with Gasteiger partial charge in [0.15, 0.2) is 0 Å². The molecule has 1 saturated heterocycles. The van der Waals surface area contributed by atoms with Gasteiger partial charge in [0.05, 0.1) is 5.92 Å². The summed E-state index contributed by atoms with van der Waals surface area (Å²) in [6.45, 7) is 7.08. The van der Waals surface area contributed by atoms with Crippen LogP contribution in [0.4, 0.5) is 0 Å². The fourth-order valence-corrected chi connectivity index (χ4v) is 1.98. The van der Waals surface area contributed by atoms with E-state index in [0.717, 1.165) is 19.6 Å². The van der Waals surface area contributed by atoms with Crippen LogP contribution in [-0.4, -0.2) is 25.5 Å². The van der Waals surface area contributed by atoms with Gasteiger partial charge >= 0.3 is 0 Å². The van der Waals surface area contributed by atoms with Gasteiger partial charge in [-0.05, 0) is 30.7 Å². The van der Waals surface area contributed by atoms with Crippen LogP contribution in [0.2, 0.25) is 0 Å². The van der Waals surface area contributed by atoms with Crippen LogP contribution in [-0.2, 0) is 4.79 Å². The number of amides is 1. The van der Waals surface area contributed by atoms with Crippen molar-refractivity contribution in [1.29, 1.82) is 0 Å². The van der Waals surface area contributed by atoms with Crippen molar-refractivity contribution in [3.63, 3.8) is 0 Å². The molecule has 1 aliphatic heterocycles. The van der Waals surface area contributed by atoms with Crippen molar-refractivity contribution in [1.82, 2.24) is 10.6 Å². The van der Waals surface area contributed by atoms with Crippen LogP contribution in [0.25, 0.3) is 0 Å². The van der Waals surface area contributed by atoms with Gasteiger partial charge in [0.25, 0.3) is 0 Å². The molecule has 1 amide bonds. The Morgan fingerprint density at radius 3 is 2.71 bits per heavy atom. The molecule has 80 valence electrons. The molecule has 1 saturated carbocycles. The Bertz CT molecular complexity index is 235. The summed E-state index contributed by atoms with van der Waals surface area (Å²) < 4.78 is 0. The number of carbonyl (C=O) groups is 1. The third-order valence-corrected chi connectivity index (χ3v) is 3.65. The molecular formula is C11H20N2O. The molecular weight excluding hydrogens is 176 g/mol. The molecule has 1 heterocycles. The molecule has 3 nitrogen and oxygen atoms in total. The van der Waals surface area contributed by atoms with E-state index in [9.17, 15) is 4.79 Å². The van der Waals surface area contributed by atoms with Crippen LogP contribution in [0.3, 0.4) is 0 Å². The monoisotopic (exact) mass is 196 g/mol. The predicted octanol–water partition coefficient (Wildman–Crippen LogP) is 0.758. The minimum atomic E-state index is 0.192. The molecule has 1 aliphatic carbocycles. The van der Waals surface area contributed by atoms with E-state index in [2.05, 4.69) is 24.5 Å². The largest absolute Gasteiger partial charge is 0.355 e. The van der Waals surface area contributed by atoms with Crippen molar-refractivity contribution < 1.29 is 4.79 Å². The summed E-state index contributed by atoms with van der Waals surface area (Å²) in [6, 6.07) is 0. The maximum atomic E-state index is 11.8. The summed E-state index contributed by atoms with van der Waals surface area (Å²) in [7, 11) is 0. The summed E-state index contributed by atoms with van der Waals surface area (Å²) in [5.41, 5.74) is 0.422. The highest BCUT2D eigenvalue weighted by atomic mass is 16.1. The van der Waals surface area contributed by atoms with Gasteiger partial charge in [0.2, 0.25) is 5.91 Å². The molecule has 14 heavy (non-hydrogen) atoms. The van der Waals surface area contributed by atoms with Crippen LogP contribution in [0, 0.1) is 17.3 Å². The number of nitrogens with one attached hydrogen (secondary N) is 2. The third-order valence-electron chi connectivity index (χ3n) is 3.65. The summed E-state index contributed by atoms with van der Waals surface area (Å²) in [4.78, 5) is 11.8. The number of rotatable bonds is 3. The molecule has 0 bridgehead atoms. The van der Waals surface area contributed by atoms with Crippen molar-refractivity contribution in [3.8, 4) is 0 Å². The zero-order valence-corrected chi connectivity index (χ0v) is 9.10. The van der Waals surface area contributed by atoms with E-state index in [1.807, 2.05) is 0 Å². The lowest BCUT2D eigenvalue weighted by Crippen LogP contribution is -2.37. The Labute approximate surface area is 85.6 Å². The zero-order chi connectivity index (χ0) is 10.2. The van der Waals surface area contributed by atoms with E-state index in [1.165, 1.54) is 12.8 Å². The number of hydrogen-bond donors (Lipinski definition) is 2. The normalized spacial score (nSPS) is 34.1. The Balaban J connectivity index is 1.77. The second-order valence-corrected chi connectivity index (χ2v) is 5.27. The molecule has 0 unspecified atom stereocenters. The average molecular weight is 196 g/mol. The minimum Gasteiger partial charge on any atom is -0.355 e. The molecule has 0 aromatic carbocycles. The van der Waals surface area contributed by atoms with E-state index >= 15 is 0 Å². The van der Waals surface area contributed by atoms with Crippen LogP contribution in [0.15, 0.2) is 0 Å². The van der Waals surface area contributed by atoms with Gasteiger partial charge in [0, 0.05) is 13.1 Å². The van der Waals surface area contributed by atoms with Gasteiger partial charge in [-0.3, -0.25) is 4.79 Å². The second kappa shape index (κ2) is 3.54. The van der Waals surface area contributed by atoms with E-state index in [4.69, 9.17) is 0 Å². The lowest BCUT2D eigenvalue weighted by atomic mass is 9.97. The van der Waals surface area contributed by atoms with E-state index in [0.29, 0.717) is 11.3 Å². The highest BCUT2D eigenvalue weighted by molar-refractivity contribution is 5.79. The van der Waals surface area contributed by atoms with Crippen LogP contribution < -0.4 is 10.6 Å². The summed E-state index contributed by atoms with van der Waals surface area (Å²) in [5.74, 6) is 0.926. The first-order valence-corrected chi connectivity index (χ1v) is 5.59. The number of hydrogen-bond acceptors (Lipinski definition) is 2. The van der Waals surface area contributed by atoms with Crippen LogP contribution in [0.1, 0.15) is 26.7 Å². The van der Waals surface area contributed by atoms with Gasteiger partial charge in [-0.25, -0.2) is 0 Å². The Morgan fingerprint density at radius 2 is 2.21 bits per heavy atom. The molecule has 2 rings (SSSR count). The average Bonchev–Trinajstić information content (AvgIpc) is 2.72. The molecule has 2 N–H and O–H groups in total. The summed E-state index contributed by atoms with van der Waals surface area (Å²) in [6.07, 6.45) is 2.54. The van der Waals surface area contributed by atoms with E-state index < -0.39 is 0 Å². The SMILES string of the molecule is C[C@@H]1CNC[C@H]1C(=O)NCC1(C)CC1. The molecule has 0 spiro atoms. The van der Waals surface area contributed by atoms with Crippen molar-refractivity contribution in [3.05, 3.63) is 0 Å². The maximum Gasteiger partial charge on any atom is 0.224 e. The predicted molar refractivity (Wildman–Crippen MR) is 55.9 cm³/mol. The zero-order valence-electron chi connectivity index (χ0n) is 9.10. The van der Waals surface area contributed by atoms with Gasteiger partial charge < -0.3 is 10.6 Å². The van der Waals surface area contributed by atoms with Gasteiger partial charge in [0.1, 0.15) is 0 Å². The molecule has 2 fully saturated rings.